The van der Waals surface area contributed by atoms with Crippen LogP contribution in [0.5, 0.6) is 0 Å². The van der Waals surface area contributed by atoms with Crippen LogP contribution in [-0.2, 0) is 16.0 Å². The largest absolute Gasteiger partial charge is 0.481 e. The van der Waals surface area contributed by atoms with Gasteiger partial charge in [-0.2, -0.15) is 0 Å². The van der Waals surface area contributed by atoms with Gasteiger partial charge in [0.1, 0.15) is 5.54 Å². The van der Waals surface area contributed by atoms with Crippen molar-refractivity contribution in [3.05, 3.63) is 35.4 Å². The normalized spacial score (nSPS) is 30.9. The first-order valence-electron chi connectivity index (χ1n) is 9.45. The van der Waals surface area contributed by atoms with Gasteiger partial charge in [-0.1, -0.05) is 37.1 Å². The molecule has 3 atom stereocenters. The summed E-state index contributed by atoms with van der Waals surface area (Å²) in [5.74, 6) is -1.54. The number of urea groups is 1. The lowest BCUT2D eigenvalue weighted by molar-refractivity contribution is -0.139. The molecule has 0 spiro atoms. The van der Waals surface area contributed by atoms with Crippen LogP contribution in [0.15, 0.2) is 24.3 Å². The standard InChI is InChI=1S/C20H24N2O4/c23-17(24)15-11-16(15)20(18(25)21-19(26)22-20)9-8-12-4-3-7-14(10-12)13-5-1-2-6-13/h3-4,7,10,13,15-16H,1-2,5-6,8-9,11H2,(H,23,24)(H2,21,22,25,26)/t15-,16-,20?/m0/s1. The molecule has 3 amide bonds. The first kappa shape index (κ1) is 17.1. The molecule has 3 N–H and O–H groups in total. The van der Waals surface area contributed by atoms with Gasteiger partial charge in [0.2, 0.25) is 0 Å². The minimum atomic E-state index is -1.09. The van der Waals surface area contributed by atoms with E-state index in [1.165, 1.54) is 31.2 Å². The van der Waals surface area contributed by atoms with Crippen LogP contribution in [0.2, 0.25) is 0 Å². The van der Waals surface area contributed by atoms with Crippen molar-refractivity contribution in [2.75, 3.05) is 0 Å². The number of rotatable bonds is 6. The second-order valence-electron chi connectivity index (χ2n) is 7.89. The Hall–Kier alpha value is -2.37. The van der Waals surface area contributed by atoms with Crippen molar-refractivity contribution in [2.24, 2.45) is 11.8 Å². The monoisotopic (exact) mass is 356 g/mol. The van der Waals surface area contributed by atoms with E-state index in [0.29, 0.717) is 25.2 Å². The van der Waals surface area contributed by atoms with Crippen LogP contribution in [0.3, 0.4) is 0 Å². The molecule has 3 fully saturated rings. The summed E-state index contributed by atoms with van der Waals surface area (Å²) in [6, 6.07) is 7.95. The van der Waals surface area contributed by atoms with E-state index in [9.17, 15) is 19.5 Å². The van der Waals surface area contributed by atoms with Crippen molar-refractivity contribution >= 4 is 17.9 Å². The molecule has 1 heterocycles. The van der Waals surface area contributed by atoms with Gasteiger partial charge in [0, 0.05) is 5.92 Å². The Morgan fingerprint density at radius 1 is 1.23 bits per heavy atom. The maximum atomic E-state index is 12.5. The highest BCUT2D eigenvalue weighted by atomic mass is 16.4. The number of amides is 3. The molecule has 3 aliphatic rings. The summed E-state index contributed by atoms with van der Waals surface area (Å²) in [5.41, 5.74) is 1.39. The molecule has 138 valence electrons. The van der Waals surface area contributed by atoms with Crippen LogP contribution in [-0.4, -0.2) is 28.6 Å². The number of benzene rings is 1. The third-order valence-electron chi connectivity index (χ3n) is 6.30. The van der Waals surface area contributed by atoms with E-state index in [0.717, 1.165) is 5.56 Å². The number of nitrogens with one attached hydrogen (secondary N) is 2. The van der Waals surface area contributed by atoms with Crippen LogP contribution >= 0.6 is 0 Å². The van der Waals surface area contributed by atoms with E-state index in [2.05, 4.69) is 28.8 Å². The summed E-state index contributed by atoms with van der Waals surface area (Å²) in [6.07, 6.45) is 6.52. The highest BCUT2D eigenvalue weighted by molar-refractivity contribution is 6.07. The number of carboxylic acids is 1. The van der Waals surface area contributed by atoms with E-state index in [1.54, 1.807) is 0 Å². The molecule has 4 rings (SSSR count). The number of carbonyl (C=O) groups is 3. The summed E-state index contributed by atoms with van der Waals surface area (Å²) >= 11 is 0. The van der Waals surface area contributed by atoms with Crippen molar-refractivity contribution in [3.63, 3.8) is 0 Å². The third-order valence-corrected chi connectivity index (χ3v) is 6.30. The lowest BCUT2D eigenvalue weighted by atomic mass is 9.84. The van der Waals surface area contributed by atoms with Crippen LogP contribution in [0.25, 0.3) is 0 Å². The van der Waals surface area contributed by atoms with Crippen molar-refractivity contribution in [1.82, 2.24) is 10.6 Å². The average molecular weight is 356 g/mol. The number of hydrogen-bond donors (Lipinski definition) is 3. The minimum absolute atomic E-state index is 0.329. The zero-order valence-electron chi connectivity index (χ0n) is 14.7. The molecule has 0 bridgehead atoms. The van der Waals surface area contributed by atoms with E-state index in [1.807, 2.05) is 6.07 Å². The maximum absolute atomic E-state index is 12.5. The summed E-state index contributed by atoms with van der Waals surface area (Å²) in [6.45, 7) is 0. The topological polar surface area (TPSA) is 95.5 Å². The Bertz CT molecular complexity index is 756. The molecule has 1 saturated heterocycles. The molecule has 6 nitrogen and oxygen atoms in total. The quantitative estimate of drug-likeness (QED) is 0.683. The van der Waals surface area contributed by atoms with E-state index in [-0.39, 0.29) is 11.8 Å². The highest BCUT2D eigenvalue weighted by Crippen LogP contribution is 2.49. The predicted molar refractivity (Wildman–Crippen MR) is 94.6 cm³/mol. The molecule has 26 heavy (non-hydrogen) atoms. The first-order valence-corrected chi connectivity index (χ1v) is 9.45. The predicted octanol–water partition coefficient (Wildman–Crippen LogP) is 2.58. The molecule has 6 heteroatoms. The van der Waals surface area contributed by atoms with Crippen LogP contribution in [0, 0.1) is 11.8 Å². The third kappa shape index (κ3) is 2.97. The van der Waals surface area contributed by atoms with E-state index in [4.69, 9.17) is 0 Å². The fourth-order valence-corrected chi connectivity index (χ4v) is 4.74. The van der Waals surface area contributed by atoms with Crippen LogP contribution < -0.4 is 10.6 Å². The lowest BCUT2D eigenvalue weighted by Gasteiger charge is -2.26. The van der Waals surface area contributed by atoms with Crippen molar-refractivity contribution in [1.29, 1.82) is 0 Å². The number of aliphatic carboxylic acids is 1. The van der Waals surface area contributed by atoms with Crippen LogP contribution in [0.1, 0.15) is 55.6 Å². The van der Waals surface area contributed by atoms with Gasteiger partial charge in [0.25, 0.3) is 5.91 Å². The molecule has 0 radical (unpaired) electrons. The Balaban J connectivity index is 1.51. The van der Waals surface area contributed by atoms with Gasteiger partial charge in [-0.3, -0.25) is 14.9 Å². The smallest absolute Gasteiger partial charge is 0.322 e. The molecule has 1 aromatic rings. The molecule has 1 unspecified atom stereocenters. The summed E-state index contributed by atoms with van der Waals surface area (Å²) in [7, 11) is 0. The first-order chi connectivity index (χ1) is 12.5. The zero-order valence-corrected chi connectivity index (χ0v) is 14.7. The van der Waals surface area contributed by atoms with E-state index >= 15 is 0 Å². The van der Waals surface area contributed by atoms with Crippen LogP contribution in [0.4, 0.5) is 4.79 Å². The van der Waals surface area contributed by atoms with Gasteiger partial charge in [-0.25, -0.2) is 4.79 Å². The molecular weight excluding hydrogens is 332 g/mol. The molecular formula is C20H24N2O4. The van der Waals surface area contributed by atoms with Crippen molar-refractivity contribution in [3.8, 4) is 0 Å². The minimum Gasteiger partial charge on any atom is -0.481 e. The number of carboxylic acid groups (broad SMARTS) is 1. The van der Waals surface area contributed by atoms with Gasteiger partial charge in [0.05, 0.1) is 5.92 Å². The Labute approximate surface area is 152 Å². The average Bonchev–Trinajstić information content (AvgIpc) is 3.13. The molecule has 1 aromatic carbocycles. The lowest BCUT2D eigenvalue weighted by Crippen LogP contribution is -2.50. The van der Waals surface area contributed by atoms with Gasteiger partial charge < -0.3 is 10.4 Å². The number of imide groups is 1. The van der Waals surface area contributed by atoms with Crippen molar-refractivity contribution in [2.45, 2.75) is 56.4 Å². The van der Waals surface area contributed by atoms with Crippen molar-refractivity contribution < 1.29 is 19.5 Å². The van der Waals surface area contributed by atoms with Gasteiger partial charge in [-0.05, 0) is 49.1 Å². The molecule has 2 aliphatic carbocycles. The van der Waals surface area contributed by atoms with Gasteiger partial charge in [0.15, 0.2) is 0 Å². The van der Waals surface area contributed by atoms with E-state index < -0.39 is 23.5 Å². The Morgan fingerprint density at radius 2 is 2.00 bits per heavy atom. The number of carbonyl (C=O) groups excluding carboxylic acids is 2. The van der Waals surface area contributed by atoms with Gasteiger partial charge >= 0.3 is 12.0 Å². The number of hydrogen-bond acceptors (Lipinski definition) is 3. The Kier molecular flexibility index (Phi) is 4.21. The SMILES string of the molecule is O=C1NC(=O)C(CCc2cccc(C3CCCC3)c2)([C@H]2C[C@@H]2C(=O)O)N1. The fraction of sp³-hybridized carbons (Fsp3) is 0.550. The highest BCUT2D eigenvalue weighted by Gasteiger charge is 2.62. The molecule has 1 aliphatic heterocycles. The second-order valence-corrected chi connectivity index (χ2v) is 7.89. The second kappa shape index (κ2) is 6.41. The zero-order chi connectivity index (χ0) is 18.3. The molecule has 2 saturated carbocycles. The Morgan fingerprint density at radius 3 is 2.62 bits per heavy atom. The fourth-order valence-electron chi connectivity index (χ4n) is 4.74. The van der Waals surface area contributed by atoms with Gasteiger partial charge in [-0.15, -0.1) is 0 Å². The molecule has 0 aromatic heterocycles. The summed E-state index contributed by atoms with van der Waals surface area (Å²) in [4.78, 5) is 35.5. The summed E-state index contributed by atoms with van der Waals surface area (Å²) < 4.78 is 0. The maximum Gasteiger partial charge on any atom is 0.322 e. The number of aryl methyl sites for hydroxylation is 1. The summed E-state index contributed by atoms with van der Waals surface area (Å²) in [5, 5.41) is 14.3.